The number of aromatic amines is 1. The van der Waals surface area contributed by atoms with Gasteiger partial charge in [0.2, 0.25) is 0 Å². The molecule has 1 N–H and O–H groups in total. The van der Waals surface area contributed by atoms with Gasteiger partial charge in [0, 0.05) is 31.4 Å². The number of nitrogens with one attached hydrogen (secondary N) is 1. The number of rotatable bonds is 1. The van der Waals surface area contributed by atoms with Crippen LogP contribution < -0.4 is 4.90 Å². The summed E-state index contributed by atoms with van der Waals surface area (Å²) in [5, 5.41) is 1.05. The summed E-state index contributed by atoms with van der Waals surface area (Å²) >= 11 is 0. The summed E-state index contributed by atoms with van der Waals surface area (Å²) in [5.41, 5.74) is 1.48. The van der Waals surface area contributed by atoms with E-state index in [-0.39, 0.29) is 18.2 Å². The molecule has 0 radical (unpaired) electrons. The lowest BCUT2D eigenvalue weighted by Crippen LogP contribution is -2.59. The SMILES string of the molecule is Cc1c[nH]c2ncnc(N3C[C@@H](C)N(C(=O)OC(C)(C)C)C[C@@H]3C)c12. The number of piperazine rings is 1. The quantitative estimate of drug-likeness (QED) is 0.859. The number of carbonyl (C=O) groups excluding carboxylic acids is 1. The van der Waals surface area contributed by atoms with Gasteiger partial charge in [0.25, 0.3) is 0 Å². The summed E-state index contributed by atoms with van der Waals surface area (Å²) in [5.74, 6) is 0.923. The van der Waals surface area contributed by atoms with Crippen LogP contribution in [0.5, 0.6) is 0 Å². The van der Waals surface area contributed by atoms with Crippen LogP contribution in [0.3, 0.4) is 0 Å². The highest BCUT2D eigenvalue weighted by Crippen LogP contribution is 2.30. The topological polar surface area (TPSA) is 74.4 Å². The molecular weight excluding hydrogens is 318 g/mol. The lowest BCUT2D eigenvalue weighted by atomic mass is 10.1. The maximum Gasteiger partial charge on any atom is 0.410 e. The van der Waals surface area contributed by atoms with Gasteiger partial charge in [-0.15, -0.1) is 0 Å². The molecule has 0 saturated carbocycles. The van der Waals surface area contributed by atoms with Crippen LogP contribution in [0.25, 0.3) is 11.0 Å². The van der Waals surface area contributed by atoms with Gasteiger partial charge in [-0.3, -0.25) is 0 Å². The number of aromatic nitrogens is 3. The first-order chi connectivity index (χ1) is 11.7. The fourth-order valence-corrected chi connectivity index (χ4v) is 3.31. The van der Waals surface area contributed by atoms with Crippen LogP contribution in [0.1, 0.15) is 40.2 Å². The third-order valence-electron chi connectivity index (χ3n) is 4.53. The Bertz CT molecular complexity index is 779. The molecule has 0 bridgehead atoms. The van der Waals surface area contributed by atoms with E-state index in [1.165, 1.54) is 0 Å². The number of anilines is 1. The molecule has 2 aromatic rings. The largest absolute Gasteiger partial charge is 0.444 e. The van der Waals surface area contributed by atoms with E-state index >= 15 is 0 Å². The molecule has 2 atom stereocenters. The van der Waals surface area contributed by atoms with Crippen molar-refractivity contribution in [3.8, 4) is 0 Å². The number of carbonyl (C=O) groups is 1. The number of aryl methyl sites for hydroxylation is 1. The molecule has 1 fully saturated rings. The minimum absolute atomic E-state index is 0.0373. The van der Waals surface area contributed by atoms with Crippen LogP contribution in [0.15, 0.2) is 12.5 Å². The van der Waals surface area contributed by atoms with E-state index in [1.54, 1.807) is 6.33 Å². The highest BCUT2D eigenvalue weighted by Gasteiger charge is 2.35. The summed E-state index contributed by atoms with van der Waals surface area (Å²) in [7, 11) is 0. The zero-order valence-electron chi connectivity index (χ0n) is 15.8. The molecule has 1 amide bonds. The highest BCUT2D eigenvalue weighted by molar-refractivity contribution is 5.90. The number of hydrogen-bond acceptors (Lipinski definition) is 5. The van der Waals surface area contributed by atoms with Crippen molar-refractivity contribution in [1.29, 1.82) is 0 Å². The summed E-state index contributed by atoms with van der Waals surface area (Å²) in [4.78, 5) is 28.6. The van der Waals surface area contributed by atoms with Gasteiger partial charge in [-0.2, -0.15) is 0 Å². The predicted molar refractivity (Wildman–Crippen MR) is 97.8 cm³/mol. The van der Waals surface area contributed by atoms with Crippen molar-refractivity contribution in [2.75, 3.05) is 18.0 Å². The highest BCUT2D eigenvalue weighted by atomic mass is 16.6. The first-order valence-corrected chi connectivity index (χ1v) is 8.72. The van der Waals surface area contributed by atoms with Gasteiger partial charge in [0.1, 0.15) is 23.4 Å². The summed E-state index contributed by atoms with van der Waals surface area (Å²) in [6, 6.07) is 0.173. The van der Waals surface area contributed by atoms with Crippen LogP contribution in [0.4, 0.5) is 10.6 Å². The van der Waals surface area contributed by atoms with Gasteiger partial charge in [-0.25, -0.2) is 14.8 Å². The molecule has 0 aromatic carbocycles. The van der Waals surface area contributed by atoms with Gasteiger partial charge in [0.05, 0.1) is 5.39 Å². The molecule has 1 aliphatic rings. The third-order valence-corrected chi connectivity index (χ3v) is 4.53. The molecule has 1 aliphatic heterocycles. The standard InChI is InChI=1S/C18H27N5O2/c1-11-7-19-15-14(11)16(21-10-20-15)22-8-13(3)23(9-12(22)2)17(24)25-18(4,5)6/h7,10,12-13H,8-9H2,1-6H3,(H,19,20,21)/t12-,13+/m0/s1. The lowest BCUT2D eigenvalue weighted by molar-refractivity contribution is 0.0130. The number of nitrogens with zero attached hydrogens (tertiary/aromatic N) is 4. The van der Waals surface area contributed by atoms with E-state index in [4.69, 9.17) is 4.74 Å². The fraction of sp³-hybridized carbons (Fsp3) is 0.611. The molecule has 0 aliphatic carbocycles. The Morgan fingerprint density at radius 1 is 1.24 bits per heavy atom. The summed E-state index contributed by atoms with van der Waals surface area (Å²) in [6.45, 7) is 13.2. The molecule has 3 heterocycles. The van der Waals surface area contributed by atoms with Crippen LogP contribution in [0, 0.1) is 6.92 Å². The zero-order valence-corrected chi connectivity index (χ0v) is 15.8. The van der Waals surface area contributed by atoms with E-state index in [0.717, 1.165) is 22.4 Å². The maximum atomic E-state index is 12.5. The molecule has 3 rings (SSSR count). The van der Waals surface area contributed by atoms with Crippen molar-refractivity contribution >= 4 is 22.9 Å². The first-order valence-electron chi connectivity index (χ1n) is 8.72. The monoisotopic (exact) mass is 345 g/mol. The van der Waals surface area contributed by atoms with Gasteiger partial charge >= 0.3 is 6.09 Å². The van der Waals surface area contributed by atoms with E-state index in [0.29, 0.717) is 13.1 Å². The van der Waals surface area contributed by atoms with Crippen molar-refractivity contribution in [3.63, 3.8) is 0 Å². The molecule has 7 heteroatoms. The molecule has 0 spiro atoms. The van der Waals surface area contributed by atoms with Crippen LogP contribution in [0.2, 0.25) is 0 Å². The van der Waals surface area contributed by atoms with Gasteiger partial charge in [0.15, 0.2) is 0 Å². The van der Waals surface area contributed by atoms with Gasteiger partial charge < -0.3 is 19.5 Å². The molecule has 0 unspecified atom stereocenters. The van der Waals surface area contributed by atoms with Crippen molar-refractivity contribution < 1.29 is 9.53 Å². The third kappa shape index (κ3) is 3.41. The lowest BCUT2D eigenvalue weighted by Gasteiger charge is -2.44. The normalized spacial score (nSPS) is 21.7. The van der Waals surface area contributed by atoms with Crippen molar-refractivity contribution in [1.82, 2.24) is 19.9 Å². The number of fused-ring (bicyclic) bond motifs is 1. The van der Waals surface area contributed by atoms with Crippen molar-refractivity contribution in [2.45, 2.75) is 59.2 Å². The Hall–Kier alpha value is -2.31. The smallest absolute Gasteiger partial charge is 0.410 e. The van der Waals surface area contributed by atoms with Crippen LogP contribution in [-0.4, -0.2) is 56.7 Å². The number of H-pyrrole nitrogens is 1. The Kier molecular flexibility index (Phi) is 4.34. The second-order valence-electron chi connectivity index (χ2n) is 7.88. The van der Waals surface area contributed by atoms with E-state index in [1.807, 2.05) is 38.8 Å². The zero-order chi connectivity index (χ0) is 18.4. The molecule has 2 aromatic heterocycles. The molecule has 136 valence electrons. The summed E-state index contributed by atoms with van der Waals surface area (Å²) in [6.07, 6.45) is 3.29. The Labute approximate surface area is 148 Å². The Balaban J connectivity index is 1.85. The van der Waals surface area contributed by atoms with Gasteiger partial charge in [-0.05, 0) is 47.1 Å². The number of ether oxygens (including phenoxy) is 1. The average molecular weight is 345 g/mol. The summed E-state index contributed by atoms with van der Waals surface area (Å²) < 4.78 is 5.55. The minimum Gasteiger partial charge on any atom is -0.444 e. The first kappa shape index (κ1) is 17.5. The fourth-order valence-electron chi connectivity index (χ4n) is 3.31. The van der Waals surface area contributed by atoms with E-state index in [2.05, 4.69) is 33.7 Å². The molecular formula is C18H27N5O2. The second kappa shape index (κ2) is 6.20. The molecule has 1 saturated heterocycles. The van der Waals surface area contributed by atoms with Crippen LogP contribution in [-0.2, 0) is 4.74 Å². The van der Waals surface area contributed by atoms with E-state index in [9.17, 15) is 4.79 Å². The Morgan fingerprint density at radius 2 is 1.96 bits per heavy atom. The number of hydrogen-bond donors (Lipinski definition) is 1. The van der Waals surface area contributed by atoms with Gasteiger partial charge in [-0.1, -0.05) is 0 Å². The number of amides is 1. The maximum absolute atomic E-state index is 12.5. The average Bonchev–Trinajstić information content (AvgIpc) is 2.89. The predicted octanol–water partition coefficient (Wildman–Crippen LogP) is 3.10. The van der Waals surface area contributed by atoms with Crippen molar-refractivity contribution in [2.24, 2.45) is 0 Å². The Morgan fingerprint density at radius 3 is 2.64 bits per heavy atom. The second-order valence-corrected chi connectivity index (χ2v) is 7.88. The van der Waals surface area contributed by atoms with Crippen molar-refractivity contribution in [3.05, 3.63) is 18.1 Å². The molecule has 25 heavy (non-hydrogen) atoms. The minimum atomic E-state index is -0.488. The molecule has 7 nitrogen and oxygen atoms in total. The van der Waals surface area contributed by atoms with Crippen LogP contribution >= 0.6 is 0 Å². The van der Waals surface area contributed by atoms with E-state index < -0.39 is 5.60 Å².